The molecule has 3 heteroatoms. The molecule has 1 nitrogen and oxygen atoms in total. The first kappa shape index (κ1) is 13.7. The molecule has 2 rings (SSSR count). The summed E-state index contributed by atoms with van der Waals surface area (Å²) in [6, 6.07) is 13.1. The van der Waals surface area contributed by atoms with E-state index in [9.17, 15) is 8.78 Å². The Morgan fingerprint density at radius 3 is 2.32 bits per heavy atom. The van der Waals surface area contributed by atoms with E-state index in [1.165, 1.54) is 18.2 Å². The zero-order valence-electron chi connectivity index (χ0n) is 10.9. The molecule has 0 aliphatic carbocycles. The van der Waals surface area contributed by atoms with Gasteiger partial charge >= 0.3 is 0 Å². The first-order valence-electron chi connectivity index (χ1n) is 6.43. The van der Waals surface area contributed by atoms with E-state index in [4.69, 9.17) is 0 Å². The zero-order chi connectivity index (χ0) is 13.7. The van der Waals surface area contributed by atoms with Gasteiger partial charge in [0, 0.05) is 18.2 Å². The number of hydrogen-bond donors (Lipinski definition) is 1. The molecule has 0 aromatic heterocycles. The predicted molar refractivity (Wildman–Crippen MR) is 72.7 cm³/mol. The van der Waals surface area contributed by atoms with Gasteiger partial charge in [0.1, 0.15) is 11.6 Å². The molecule has 2 aromatic rings. The Hall–Kier alpha value is -1.74. The summed E-state index contributed by atoms with van der Waals surface area (Å²) < 4.78 is 26.5. The predicted octanol–water partition coefficient (Wildman–Crippen LogP) is 4.21. The van der Waals surface area contributed by atoms with Gasteiger partial charge < -0.3 is 5.32 Å². The van der Waals surface area contributed by atoms with E-state index in [2.05, 4.69) is 5.32 Å². The largest absolute Gasteiger partial charge is 0.306 e. The SMILES string of the molecule is CCC(NCc1ccc(F)cc1)c1ccccc1F. The lowest BCUT2D eigenvalue weighted by Crippen LogP contribution is -2.21. The van der Waals surface area contributed by atoms with Crippen molar-refractivity contribution in [3.63, 3.8) is 0 Å². The van der Waals surface area contributed by atoms with Crippen LogP contribution in [0.25, 0.3) is 0 Å². The van der Waals surface area contributed by atoms with Crippen LogP contribution >= 0.6 is 0 Å². The first-order valence-corrected chi connectivity index (χ1v) is 6.43. The van der Waals surface area contributed by atoms with Gasteiger partial charge in [-0.05, 0) is 30.2 Å². The van der Waals surface area contributed by atoms with Crippen molar-refractivity contribution in [1.82, 2.24) is 5.32 Å². The molecule has 0 saturated heterocycles. The molecule has 100 valence electrons. The molecule has 0 fully saturated rings. The molecule has 0 aliphatic heterocycles. The summed E-state index contributed by atoms with van der Waals surface area (Å²) in [5, 5.41) is 3.30. The third kappa shape index (κ3) is 3.61. The number of benzene rings is 2. The lowest BCUT2D eigenvalue weighted by atomic mass is 10.0. The van der Waals surface area contributed by atoms with Crippen LogP contribution < -0.4 is 5.32 Å². The monoisotopic (exact) mass is 261 g/mol. The summed E-state index contributed by atoms with van der Waals surface area (Å²) in [5.41, 5.74) is 1.66. The molecule has 0 saturated carbocycles. The fraction of sp³-hybridized carbons (Fsp3) is 0.250. The third-order valence-corrected chi connectivity index (χ3v) is 3.15. The van der Waals surface area contributed by atoms with Crippen LogP contribution in [0.15, 0.2) is 48.5 Å². The molecule has 19 heavy (non-hydrogen) atoms. The van der Waals surface area contributed by atoms with Crippen molar-refractivity contribution in [2.45, 2.75) is 25.9 Å². The molecule has 0 radical (unpaired) electrons. The molecule has 1 atom stereocenters. The summed E-state index contributed by atoms with van der Waals surface area (Å²) in [6.45, 7) is 2.60. The van der Waals surface area contributed by atoms with Crippen molar-refractivity contribution >= 4 is 0 Å². The Labute approximate surface area is 112 Å². The van der Waals surface area contributed by atoms with Crippen molar-refractivity contribution in [1.29, 1.82) is 0 Å². The molecule has 1 N–H and O–H groups in total. The minimum Gasteiger partial charge on any atom is -0.306 e. The molecule has 0 bridgehead atoms. The van der Waals surface area contributed by atoms with E-state index >= 15 is 0 Å². The van der Waals surface area contributed by atoms with Crippen molar-refractivity contribution in [2.24, 2.45) is 0 Å². The van der Waals surface area contributed by atoms with Crippen LogP contribution in [-0.2, 0) is 6.54 Å². The standard InChI is InChI=1S/C16H17F2N/c1-2-16(14-5-3-4-6-15(14)18)19-11-12-7-9-13(17)10-8-12/h3-10,16,19H,2,11H2,1H3. The minimum absolute atomic E-state index is 0.0359. The lowest BCUT2D eigenvalue weighted by molar-refractivity contribution is 0.488. The summed E-state index contributed by atoms with van der Waals surface area (Å²) in [7, 11) is 0. The molecule has 1 unspecified atom stereocenters. The summed E-state index contributed by atoms with van der Waals surface area (Å²) >= 11 is 0. The maximum atomic E-state index is 13.7. The van der Waals surface area contributed by atoms with Gasteiger partial charge in [0.25, 0.3) is 0 Å². The number of rotatable bonds is 5. The van der Waals surface area contributed by atoms with Gasteiger partial charge in [-0.2, -0.15) is 0 Å². The van der Waals surface area contributed by atoms with Gasteiger partial charge in [-0.15, -0.1) is 0 Å². The Morgan fingerprint density at radius 1 is 1.00 bits per heavy atom. The average Bonchev–Trinajstić information content (AvgIpc) is 2.43. The van der Waals surface area contributed by atoms with Crippen LogP contribution in [0.1, 0.15) is 30.5 Å². The highest BCUT2D eigenvalue weighted by molar-refractivity contribution is 5.22. The van der Waals surface area contributed by atoms with Crippen LogP contribution in [-0.4, -0.2) is 0 Å². The topological polar surface area (TPSA) is 12.0 Å². The van der Waals surface area contributed by atoms with Gasteiger partial charge in [0.05, 0.1) is 0 Å². The maximum absolute atomic E-state index is 13.7. The Kier molecular flexibility index (Phi) is 4.63. The molecular weight excluding hydrogens is 244 g/mol. The van der Waals surface area contributed by atoms with Crippen molar-refractivity contribution in [3.05, 3.63) is 71.3 Å². The number of nitrogens with one attached hydrogen (secondary N) is 1. The number of hydrogen-bond acceptors (Lipinski definition) is 1. The lowest BCUT2D eigenvalue weighted by Gasteiger charge is -2.18. The highest BCUT2D eigenvalue weighted by atomic mass is 19.1. The van der Waals surface area contributed by atoms with Crippen LogP contribution in [0.3, 0.4) is 0 Å². The Bertz CT molecular complexity index is 523. The van der Waals surface area contributed by atoms with Crippen molar-refractivity contribution in [2.75, 3.05) is 0 Å². The smallest absolute Gasteiger partial charge is 0.127 e. The summed E-state index contributed by atoms with van der Waals surface area (Å²) in [4.78, 5) is 0. The van der Waals surface area contributed by atoms with Gasteiger partial charge in [0.2, 0.25) is 0 Å². The highest BCUT2D eigenvalue weighted by Crippen LogP contribution is 2.20. The molecule has 0 spiro atoms. The molecule has 2 aromatic carbocycles. The quantitative estimate of drug-likeness (QED) is 0.850. The average molecular weight is 261 g/mol. The van der Waals surface area contributed by atoms with Crippen LogP contribution in [0.2, 0.25) is 0 Å². The van der Waals surface area contributed by atoms with E-state index < -0.39 is 0 Å². The normalized spacial score (nSPS) is 12.4. The molecule has 0 aliphatic rings. The zero-order valence-corrected chi connectivity index (χ0v) is 10.9. The second kappa shape index (κ2) is 6.43. The van der Waals surface area contributed by atoms with Crippen LogP contribution in [0.5, 0.6) is 0 Å². The summed E-state index contributed by atoms with van der Waals surface area (Å²) in [5.74, 6) is -0.439. The van der Waals surface area contributed by atoms with Crippen LogP contribution in [0.4, 0.5) is 8.78 Å². The second-order valence-electron chi connectivity index (χ2n) is 4.49. The van der Waals surface area contributed by atoms with Gasteiger partial charge in [-0.25, -0.2) is 8.78 Å². The van der Waals surface area contributed by atoms with E-state index in [1.54, 1.807) is 24.3 Å². The first-order chi connectivity index (χ1) is 9.20. The van der Waals surface area contributed by atoms with Crippen molar-refractivity contribution < 1.29 is 8.78 Å². The summed E-state index contributed by atoms with van der Waals surface area (Å²) in [6.07, 6.45) is 0.794. The van der Waals surface area contributed by atoms with Gasteiger partial charge in [-0.1, -0.05) is 37.3 Å². The van der Waals surface area contributed by atoms with E-state index in [0.29, 0.717) is 12.1 Å². The van der Waals surface area contributed by atoms with E-state index in [-0.39, 0.29) is 17.7 Å². The molecule has 0 heterocycles. The highest BCUT2D eigenvalue weighted by Gasteiger charge is 2.12. The van der Waals surface area contributed by atoms with E-state index in [1.807, 2.05) is 13.0 Å². The van der Waals surface area contributed by atoms with Crippen LogP contribution in [0, 0.1) is 11.6 Å². The maximum Gasteiger partial charge on any atom is 0.127 e. The fourth-order valence-electron chi connectivity index (χ4n) is 2.08. The Balaban J connectivity index is 2.04. The molecular formula is C16H17F2N. The fourth-order valence-corrected chi connectivity index (χ4v) is 2.08. The van der Waals surface area contributed by atoms with Gasteiger partial charge in [-0.3, -0.25) is 0 Å². The third-order valence-electron chi connectivity index (χ3n) is 3.15. The number of halogens is 2. The van der Waals surface area contributed by atoms with Gasteiger partial charge in [0.15, 0.2) is 0 Å². The van der Waals surface area contributed by atoms with Crippen molar-refractivity contribution in [3.8, 4) is 0 Å². The van der Waals surface area contributed by atoms with E-state index in [0.717, 1.165) is 12.0 Å². The molecule has 0 amide bonds. The minimum atomic E-state index is -0.245. The second-order valence-corrected chi connectivity index (χ2v) is 4.49. The Morgan fingerprint density at radius 2 is 1.68 bits per heavy atom.